The fourth-order valence-corrected chi connectivity index (χ4v) is 1.60. The van der Waals surface area contributed by atoms with Crippen molar-refractivity contribution < 1.29 is 14.7 Å². The van der Waals surface area contributed by atoms with Crippen LogP contribution in [0.2, 0.25) is 0 Å². The van der Waals surface area contributed by atoms with Crippen molar-refractivity contribution in [2.45, 2.75) is 32.7 Å². The summed E-state index contributed by atoms with van der Waals surface area (Å²) in [6.45, 7) is 2.62. The Bertz CT molecular complexity index is 392. The molecule has 0 bridgehead atoms. The predicted octanol–water partition coefficient (Wildman–Crippen LogP) is 1.69. The highest BCUT2D eigenvalue weighted by molar-refractivity contribution is 5.77. The fourth-order valence-electron chi connectivity index (χ4n) is 1.60. The maximum absolute atomic E-state index is 11.9. The zero-order valence-electron chi connectivity index (χ0n) is 10.5. The van der Waals surface area contributed by atoms with Crippen molar-refractivity contribution in [1.82, 2.24) is 9.88 Å². The number of carboxylic acid groups (broad SMARTS) is 1. The molecular formula is C13H18N2O3. The third kappa shape index (κ3) is 4.95. The molecule has 0 unspecified atom stereocenters. The number of aromatic nitrogens is 1. The van der Waals surface area contributed by atoms with Crippen LogP contribution in [0.3, 0.4) is 0 Å². The van der Waals surface area contributed by atoms with E-state index in [4.69, 9.17) is 5.11 Å². The molecule has 0 atom stereocenters. The van der Waals surface area contributed by atoms with Crippen molar-refractivity contribution in [3.05, 3.63) is 30.1 Å². The number of hydrogen-bond acceptors (Lipinski definition) is 3. The van der Waals surface area contributed by atoms with Crippen molar-refractivity contribution in [3.63, 3.8) is 0 Å². The molecule has 0 saturated heterocycles. The molecule has 1 aromatic heterocycles. The third-order valence-corrected chi connectivity index (χ3v) is 2.53. The molecule has 0 aromatic carbocycles. The maximum Gasteiger partial charge on any atom is 0.305 e. The average Bonchev–Trinajstić information content (AvgIpc) is 2.35. The lowest BCUT2D eigenvalue weighted by Crippen LogP contribution is -2.32. The monoisotopic (exact) mass is 250 g/mol. The first-order chi connectivity index (χ1) is 8.63. The summed E-state index contributed by atoms with van der Waals surface area (Å²) in [6, 6.07) is 3.65. The molecule has 0 aliphatic heterocycles. The van der Waals surface area contributed by atoms with Gasteiger partial charge in [0.15, 0.2) is 0 Å². The van der Waals surface area contributed by atoms with Gasteiger partial charge in [-0.1, -0.05) is 6.92 Å². The van der Waals surface area contributed by atoms with Gasteiger partial charge in [0, 0.05) is 31.9 Å². The highest BCUT2D eigenvalue weighted by atomic mass is 16.4. The van der Waals surface area contributed by atoms with Gasteiger partial charge in [0.2, 0.25) is 5.91 Å². The fraction of sp³-hybridized carbons (Fsp3) is 0.462. The van der Waals surface area contributed by atoms with Crippen LogP contribution < -0.4 is 0 Å². The van der Waals surface area contributed by atoms with Crippen LogP contribution in [0, 0.1) is 0 Å². The van der Waals surface area contributed by atoms with Gasteiger partial charge in [-0.05, 0) is 24.1 Å². The minimum atomic E-state index is -0.890. The van der Waals surface area contributed by atoms with Gasteiger partial charge >= 0.3 is 5.97 Å². The quantitative estimate of drug-likeness (QED) is 0.799. The average molecular weight is 250 g/mol. The zero-order valence-corrected chi connectivity index (χ0v) is 10.5. The highest BCUT2D eigenvalue weighted by Gasteiger charge is 2.14. The van der Waals surface area contributed by atoms with E-state index in [9.17, 15) is 9.59 Å². The molecule has 1 aromatic rings. The zero-order chi connectivity index (χ0) is 13.4. The number of aliphatic carboxylic acids is 1. The molecule has 0 spiro atoms. The van der Waals surface area contributed by atoms with Crippen LogP contribution in [0.5, 0.6) is 0 Å². The standard InChI is InChI=1S/C13H18N2O3/c1-2-3-12(16)15(9-6-13(17)18)10-11-4-7-14-8-5-11/h4-5,7-8H,2-3,6,9-10H2,1H3,(H,17,18). The van der Waals surface area contributed by atoms with Gasteiger partial charge in [-0.3, -0.25) is 14.6 Å². The molecule has 98 valence electrons. The molecule has 1 N–H and O–H groups in total. The molecule has 1 rings (SSSR count). The van der Waals surface area contributed by atoms with Crippen LogP contribution in [0.25, 0.3) is 0 Å². The second-order valence-electron chi connectivity index (χ2n) is 4.06. The number of carbonyl (C=O) groups excluding carboxylic acids is 1. The van der Waals surface area contributed by atoms with Gasteiger partial charge < -0.3 is 10.0 Å². The van der Waals surface area contributed by atoms with Crippen molar-refractivity contribution >= 4 is 11.9 Å². The second kappa shape index (κ2) is 7.42. The lowest BCUT2D eigenvalue weighted by Gasteiger charge is -2.22. The van der Waals surface area contributed by atoms with Crippen molar-refractivity contribution in [3.8, 4) is 0 Å². The number of nitrogens with zero attached hydrogens (tertiary/aromatic N) is 2. The maximum atomic E-state index is 11.9. The smallest absolute Gasteiger partial charge is 0.305 e. The minimum absolute atomic E-state index is 0.00411. The Hall–Kier alpha value is -1.91. The first-order valence-corrected chi connectivity index (χ1v) is 6.02. The Kier molecular flexibility index (Phi) is 5.84. The molecule has 18 heavy (non-hydrogen) atoms. The SMILES string of the molecule is CCCC(=O)N(CCC(=O)O)Cc1ccncc1. The lowest BCUT2D eigenvalue weighted by molar-refractivity contribution is -0.138. The summed E-state index contributed by atoms with van der Waals surface area (Å²) >= 11 is 0. The van der Waals surface area contributed by atoms with Crippen molar-refractivity contribution in [2.24, 2.45) is 0 Å². The second-order valence-corrected chi connectivity index (χ2v) is 4.06. The number of carbonyl (C=O) groups is 2. The summed E-state index contributed by atoms with van der Waals surface area (Å²) in [5.74, 6) is -0.894. The van der Waals surface area contributed by atoms with Gasteiger partial charge in [0.25, 0.3) is 0 Å². The Morgan fingerprint density at radius 3 is 2.50 bits per heavy atom. The summed E-state index contributed by atoms with van der Waals surface area (Å²) in [4.78, 5) is 28.0. The molecule has 5 nitrogen and oxygen atoms in total. The Morgan fingerprint density at radius 2 is 1.94 bits per heavy atom. The number of amides is 1. The van der Waals surface area contributed by atoms with E-state index in [1.165, 1.54) is 0 Å². The number of hydrogen-bond donors (Lipinski definition) is 1. The minimum Gasteiger partial charge on any atom is -0.481 e. The topological polar surface area (TPSA) is 70.5 Å². The van der Waals surface area contributed by atoms with Crippen molar-refractivity contribution in [1.29, 1.82) is 0 Å². The number of carboxylic acids is 1. The number of rotatable bonds is 7. The van der Waals surface area contributed by atoms with Crippen LogP contribution in [-0.4, -0.2) is 33.4 Å². The molecule has 0 radical (unpaired) electrons. The van der Waals surface area contributed by atoms with Crippen molar-refractivity contribution in [2.75, 3.05) is 6.54 Å². The van der Waals surface area contributed by atoms with Gasteiger partial charge in [-0.2, -0.15) is 0 Å². The first-order valence-electron chi connectivity index (χ1n) is 6.02. The molecule has 0 aliphatic carbocycles. The largest absolute Gasteiger partial charge is 0.481 e. The predicted molar refractivity (Wildman–Crippen MR) is 66.8 cm³/mol. The molecular weight excluding hydrogens is 232 g/mol. The van der Waals surface area contributed by atoms with Crippen LogP contribution in [0.1, 0.15) is 31.7 Å². The van der Waals surface area contributed by atoms with E-state index in [0.29, 0.717) is 13.0 Å². The molecule has 1 heterocycles. The van der Waals surface area contributed by atoms with E-state index < -0.39 is 5.97 Å². The van der Waals surface area contributed by atoms with Gasteiger partial charge in [-0.25, -0.2) is 0 Å². The summed E-state index contributed by atoms with van der Waals surface area (Å²) in [7, 11) is 0. The van der Waals surface area contributed by atoms with E-state index in [-0.39, 0.29) is 18.9 Å². The van der Waals surface area contributed by atoms with E-state index in [1.807, 2.05) is 19.1 Å². The Balaban J connectivity index is 2.64. The van der Waals surface area contributed by atoms with E-state index in [0.717, 1.165) is 12.0 Å². The summed E-state index contributed by atoms with van der Waals surface area (Å²) in [5, 5.41) is 8.69. The Morgan fingerprint density at radius 1 is 1.28 bits per heavy atom. The van der Waals surface area contributed by atoms with Crippen LogP contribution >= 0.6 is 0 Å². The van der Waals surface area contributed by atoms with Crippen LogP contribution in [0.15, 0.2) is 24.5 Å². The molecule has 0 aliphatic rings. The normalized spacial score (nSPS) is 10.1. The summed E-state index contributed by atoms with van der Waals surface area (Å²) in [6.07, 6.45) is 4.51. The van der Waals surface area contributed by atoms with E-state index >= 15 is 0 Å². The van der Waals surface area contributed by atoms with E-state index in [1.54, 1.807) is 17.3 Å². The first kappa shape index (κ1) is 14.2. The van der Waals surface area contributed by atoms with Gasteiger partial charge in [0.1, 0.15) is 0 Å². The molecule has 0 fully saturated rings. The molecule has 1 amide bonds. The lowest BCUT2D eigenvalue weighted by atomic mass is 10.2. The summed E-state index contributed by atoms with van der Waals surface area (Å²) in [5.41, 5.74) is 0.958. The van der Waals surface area contributed by atoms with Crippen LogP contribution in [0.4, 0.5) is 0 Å². The van der Waals surface area contributed by atoms with Gasteiger partial charge in [0.05, 0.1) is 6.42 Å². The molecule has 5 heteroatoms. The summed E-state index contributed by atoms with van der Waals surface area (Å²) < 4.78 is 0. The Labute approximate surface area is 106 Å². The number of pyridine rings is 1. The van der Waals surface area contributed by atoms with E-state index in [2.05, 4.69) is 4.98 Å². The van der Waals surface area contributed by atoms with Crippen LogP contribution in [-0.2, 0) is 16.1 Å². The highest BCUT2D eigenvalue weighted by Crippen LogP contribution is 2.07. The van der Waals surface area contributed by atoms with Gasteiger partial charge in [-0.15, -0.1) is 0 Å². The third-order valence-electron chi connectivity index (χ3n) is 2.53. The molecule has 0 saturated carbocycles.